The van der Waals surface area contributed by atoms with Crippen molar-refractivity contribution in [2.24, 2.45) is 0 Å². The number of hydrogen-bond acceptors (Lipinski definition) is 2. The molecule has 0 saturated carbocycles. The van der Waals surface area contributed by atoms with E-state index < -0.39 is 0 Å². The molecule has 0 bridgehead atoms. The van der Waals surface area contributed by atoms with Crippen LogP contribution in [0.25, 0.3) is 0 Å². The zero-order valence-electron chi connectivity index (χ0n) is 2.28. The van der Waals surface area contributed by atoms with Crippen molar-refractivity contribution >= 4 is 45.0 Å². The van der Waals surface area contributed by atoms with E-state index in [2.05, 4.69) is 45.0 Å². The van der Waals surface area contributed by atoms with Gasteiger partial charge in [0.25, 0.3) is 0 Å². The second-order valence-corrected chi connectivity index (χ2v) is 0. The van der Waals surface area contributed by atoms with Crippen LogP contribution in [0.5, 0.6) is 0 Å². The Hall–Kier alpha value is 1.90. The van der Waals surface area contributed by atoms with Gasteiger partial charge in [0.05, 0.1) is 0 Å². The van der Waals surface area contributed by atoms with Crippen molar-refractivity contribution in [2.45, 2.75) is 0 Å². The van der Waals surface area contributed by atoms with Crippen LogP contribution in [0, 0.1) is 0 Å². The summed E-state index contributed by atoms with van der Waals surface area (Å²) in [5, 5.41) is 0. The molecule has 0 atom stereocenters. The largest absolute Gasteiger partial charge is 2.00 e. The molecule has 0 radical (unpaired) electrons. The third-order valence-electron chi connectivity index (χ3n) is 0. The predicted octanol–water partition coefficient (Wildman–Crippen LogP) is 1.37. The van der Waals surface area contributed by atoms with E-state index in [0.717, 1.165) is 0 Å². The van der Waals surface area contributed by atoms with Gasteiger partial charge in [0.1, 0.15) is 0 Å². The van der Waals surface area contributed by atoms with Gasteiger partial charge >= 0.3 is 19.5 Å². The third kappa shape index (κ3) is 24.8. The molecule has 0 nitrogen and oxygen atoms in total. The maximum atomic E-state index is 4.22. The van der Waals surface area contributed by atoms with Gasteiger partial charge in [0, 0.05) is 0 Å². The second-order valence-electron chi connectivity index (χ2n) is 0. The van der Waals surface area contributed by atoms with Crippen LogP contribution in [-0.2, 0) is 43.2 Å². The fraction of sp³-hybridized carbons (Fsp3) is 0. The first-order valence-corrected chi connectivity index (χ1v) is 2.78. The number of halogens is 2. The standard InChI is InChI=1S/2ClS.Zn/c2*1-2;/q2*-1;+2. The summed E-state index contributed by atoms with van der Waals surface area (Å²) in [5.41, 5.74) is 0. The van der Waals surface area contributed by atoms with Crippen LogP contribution in [0.2, 0.25) is 0 Å². The van der Waals surface area contributed by atoms with Crippen LogP contribution in [0.15, 0.2) is 0 Å². The van der Waals surface area contributed by atoms with Crippen molar-refractivity contribution in [2.75, 3.05) is 0 Å². The minimum absolute atomic E-state index is 0. The normalized spacial score (nSPS) is 2.40. The summed E-state index contributed by atoms with van der Waals surface area (Å²) in [6.07, 6.45) is 0. The van der Waals surface area contributed by atoms with Crippen LogP contribution >= 0.6 is 21.4 Å². The van der Waals surface area contributed by atoms with E-state index in [9.17, 15) is 0 Å². The van der Waals surface area contributed by atoms with Gasteiger partial charge in [0.2, 0.25) is 0 Å². The van der Waals surface area contributed by atoms with Crippen LogP contribution in [0.4, 0.5) is 0 Å². The van der Waals surface area contributed by atoms with Gasteiger partial charge in [-0.2, -0.15) is 0 Å². The van der Waals surface area contributed by atoms with Gasteiger partial charge in [-0.05, 0) is 0 Å². The summed E-state index contributed by atoms with van der Waals surface area (Å²) in [5.74, 6) is 0. The molecule has 0 fully saturated rings. The molecule has 0 amide bonds. The molecular formula is Cl2S2Zn. The van der Waals surface area contributed by atoms with Gasteiger partial charge < -0.3 is 45.0 Å². The van der Waals surface area contributed by atoms with Gasteiger partial charge in [0.15, 0.2) is 0 Å². The first-order valence-electron chi connectivity index (χ1n) is 0.309. The molecule has 0 spiro atoms. The minimum atomic E-state index is 0. The summed E-state index contributed by atoms with van der Waals surface area (Å²) in [6, 6.07) is 0. The summed E-state index contributed by atoms with van der Waals surface area (Å²) in [7, 11) is 8.44. The SMILES string of the molecule is [S-]Cl.[S-]Cl.[Zn+2]. The van der Waals surface area contributed by atoms with Crippen molar-refractivity contribution < 1.29 is 19.5 Å². The molecule has 0 aliphatic heterocycles. The van der Waals surface area contributed by atoms with Crippen LogP contribution < -0.4 is 0 Å². The fourth-order valence-corrected chi connectivity index (χ4v) is 0. The second kappa shape index (κ2) is 39.2. The molecule has 5 heavy (non-hydrogen) atoms. The van der Waals surface area contributed by atoms with Crippen molar-refractivity contribution in [1.82, 2.24) is 0 Å². The van der Waals surface area contributed by atoms with E-state index >= 15 is 0 Å². The van der Waals surface area contributed by atoms with Crippen molar-refractivity contribution in [3.63, 3.8) is 0 Å². The van der Waals surface area contributed by atoms with E-state index in [4.69, 9.17) is 0 Å². The molecule has 0 aliphatic rings. The summed E-state index contributed by atoms with van der Waals surface area (Å²) < 4.78 is 0. The molecule has 0 aromatic rings. The van der Waals surface area contributed by atoms with Gasteiger partial charge in [-0.15, -0.1) is 0 Å². The van der Waals surface area contributed by atoms with Crippen molar-refractivity contribution in [3.05, 3.63) is 0 Å². The van der Waals surface area contributed by atoms with Gasteiger partial charge in [-0.1, -0.05) is 0 Å². The molecule has 0 unspecified atom stereocenters. The number of hydrogen-bond donors (Lipinski definition) is 0. The zero-order chi connectivity index (χ0) is 4.00. The molecule has 0 N–H and O–H groups in total. The quantitative estimate of drug-likeness (QED) is 0.428. The smallest absolute Gasteiger partial charge is 0.680 e. The van der Waals surface area contributed by atoms with E-state index in [1.807, 2.05) is 0 Å². The topological polar surface area (TPSA) is 0 Å². The maximum Gasteiger partial charge on any atom is 2.00 e. The Morgan fingerprint density at radius 2 is 0.800 bits per heavy atom. The Bertz CT molecular complexity index is 7.61. The minimum Gasteiger partial charge on any atom is -0.680 e. The molecule has 0 aromatic carbocycles. The zero-order valence-corrected chi connectivity index (χ0v) is 8.39. The van der Waals surface area contributed by atoms with Gasteiger partial charge in [-0.25, -0.2) is 0 Å². The molecule has 0 rings (SSSR count). The Kier molecular flexibility index (Phi) is 124. The van der Waals surface area contributed by atoms with Crippen LogP contribution in [0.3, 0.4) is 0 Å². The van der Waals surface area contributed by atoms with Crippen molar-refractivity contribution in [3.8, 4) is 0 Å². The molecule has 0 saturated heterocycles. The molecule has 0 aliphatic carbocycles. The Balaban J connectivity index is -0.0000000133. The summed E-state index contributed by atoms with van der Waals surface area (Å²) in [4.78, 5) is 0. The Morgan fingerprint density at radius 3 is 0.800 bits per heavy atom. The molecule has 28 valence electrons. The first-order chi connectivity index (χ1) is 2.00. The molecule has 0 heterocycles. The van der Waals surface area contributed by atoms with Crippen molar-refractivity contribution in [1.29, 1.82) is 0 Å². The summed E-state index contributed by atoms with van der Waals surface area (Å²) >= 11 is 7.11. The predicted molar refractivity (Wildman–Crippen MR) is 26.4 cm³/mol. The molecular weight excluding hydrogens is 200 g/mol. The monoisotopic (exact) mass is 198 g/mol. The first kappa shape index (κ1) is 15.8. The van der Waals surface area contributed by atoms with Gasteiger partial charge in [-0.3, -0.25) is 0 Å². The maximum absolute atomic E-state index is 4.22. The van der Waals surface area contributed by atoms with E-state index in [0.29, 0.717) is 0 Å². The fourth-order valence-electron chi connectivity index (χ4n) is 0. The Labute approximate surface area is 64.2 Å². The van der Waals surface area contributed by atoms with Crippen LogP contribution in [-0.4, -0.2) is 0 Å². The third-order valence-corrected chi connectivity index (χ3v) is 0. The van der Waals surface area contributed by atoms with E-state index in [1.165, 1.54) is 0 Å². The van der Waals surface area contributed by atoms with Crippen LogP contribution in [0.1, 0.15) is 0 Å². The Morgan fingerprint density at radius 1 is 0.800 bits per heavy atom. The average molecular weight is 200 g/mol. The molecule has 0 aromatic heterocycles. The molecule has 5 heteroatoms. The van der Waals surface area contributed by atoms with E-state index in [-0.39, 0.29) is 19.5 Å². The number of rotatable bonds is 0. The average Bonchev–Trinajstić information content (AvgIpc) is 1.50. The van der Waals surface area contributed by atoms with E-state index in [1.54, 1.807) is 0 Å². The summed E-state index contributed by atoms with van der Waals surface area (Å²) in [6.45, 7) is 0.